The minimum Gasteiger partial charge on any atom is -0.348 e. The number of hydrogen-bond donors (Lipinski definition) is 1. The molecule has 5 nitrogen and oxygen atoms in total. The van der Waals surface area contributed by atoms with Crippen molar-refractivity contribution in [3.05, 3.63) is 97.9 Å². The molecule has 0 radical (unpaired) electrons. The summed E-state index contributed by atoms with van der Waals surface area (Å²) in [5.74, 6) is -0.393. The molecule has 1 N–H and O–H groups in total. The first-order valence-corrected chi connectivity index (χ1v) is 13.1. The fraction of sp³-hybridized carbons (Fsp3) is 0.174. The van der Waals surface area contributed by atoms with Crippen LogP contribution in [0.3, 0.4) is 0 Å². The summed E-state index contributed by atoms with van der Waals surface area (Å²) in [6, 6.07) is 20.5. The Balaban J connectivity index is 1.82. The van der Waals surface area contributed by atoms with Gasteiger partial charge in [-0.3, -0.25) is 4.79 Å². The Morgan fingerprint density at radius 2 is 1.47 bits per heavy atom. The lowest BCUT2D eigenvalue weighted by Crippen LogP contribution is -2.41. The highest BCUT2D eigenvalue weighted by atomic mass is 79.9. The Labute approximate surface area is 210 Å². The molecule has 0 aliphatic carbocycles. The second-order valence-electron chi connectivity index (χ2n) is 7.19. The summed E-state index contributed by atoms with van der Waals surface area (Å²) < 4.78 is 29.6. The van der Waals surface area contributed by atoms with Crippen LogP contribution in [0.5, 0.6) is 0 Å². The van der Waals surface area contributed by atoms with Gasteiger partial charge in [-0.15, -0.1) is 0 Å². The van der Waals surface area contributed by atoms with Gasteiger partial charge in [-0.25, -0.2) is 8.42 Å². The number of carbonyl (C=O) groups excluding carboxylic acids is 1. The summed E-state index contributed by atoms with van der Waals surface area (Å²) in [4.78, 5) is 12.9. The van der Waals surface area contributed by atoms with E-state index >= 15 is 0 Å². The van der Waals surface area contributed by atoms with Crippen LogP contribution in [0.2, 0.25) is 5.02 Å². The van der Waals surface area contributed by atoms with Crippen LogP contribution in [0.4, 0.5) is 0 Å². The highest BCUT2D eigenvalue weighted by molar-refractivity contribution is 9.10. The third kappa shape index (κ3) is 6.65. The van der Waals surface area contributed by atoms with Gasteiger partial charge >= 0.3 is 0 Å². The van der Waals surface area contributed by atoms with Crippen molar-refractivity contribution in [1.29, 1.82) is 0 Å². The highest BCUT2D eigenvalue weighted by Crippen LogP contribution is 2.22. The van der Waals surface area contributed by atoms with E-state index in [9.17, 15) is 13.2 Å². The molecule has 3 rings (SSSR count). The van der Waals surface area contributed by atoms with Crippen molar-refractivity contribution in [3.63, 3.8) is 0 Å². The monoisotopic (exact) mass is 598 g/mol. The first-order chi connectivity index (χ1) is 15.1. The van der Waals surface area contributed by atoms with Crippen molar-refractivity contribution in [2.75, 3.05) is 6.54 Å². The molecule has 0 aliphatic rings. The molecule has 0 heterocycles. The van der Waals surface area contributed by atoms with Crippen LogP contribution in [0.25, 0.3) is 0 Å². The van der Waals surface area contributed by atoms with Gasteiger partial charge in [0.25, 0.3) is 0 Å². The third-order valence-corrected chi connectivity index (χ3v) is 7.91. The second kappa shape index (κ2) is 10.9. The minimum atomic E-state index is -3.91. The second-order valence-corrected chi connectivity index (χ2v) is 11.4. The van der Waals surface area contributed by atoms with Crippen molar-refractivity contribution in [2.45, 2.75) is 24.4 Å². The molecule has 0 fully saturated rings. The van der Waals surface area contributed by atoms with E-state index in [4.69, 9.17) is 11.6 Å². The van der Waals surface area contributed by atoms with E-state index in [1.807, 2.05) is 31.2 Å². The number of carbonyl (C=O) groups is 1. The van der Waals surface area contributed by atoms with Gasteiger partial charge in [0.15, 0.2) is 0 Å². The molecule has 9 heteroatoms. The number of nitrogens with one attached hydrogen (secondary N) is 1. The van der Waals surface area contributed by atoms with Crippen molar-refractivity contribution < 1.29 is 13.2 Å². The van der Waals surface area contributed by atoms with Crippen molar-refractivity contribution in [3.8, 4) is 0 Å². The summed E-state index contributed by atoms with van der Waals surface area (Å²) in [5, 5.41) is 3.44. The SMILES string of the molecule is C[C@H](NC(=O)CN(Cc1ccc(Cl)cc1)S(=O)(=O)c1ccc(Br)cc1)c1ccc(Br)cc1. The largest absolute Gasteiger partial charge is 0.348 e. The van der Waals surface area contributed by atoms with Crippen LogP contribution in [0.15, 0.2) is 86.6 Å². The molecule has 3 aromatic carbocycles. The standard InChI is InChI=1S/C23H21Br2ClN2O3S/c1-16(18-4-6-19(24)7-5-18)27-23(29)15-28(14-17-2-10-21(26)11-3-17)32(30,31)22-12-8-20(25)9-13-22/h2-13,16H,14-15H2,1H3,(H,27,29)/t16-/m0/s1. The fourth-order valence-corrected chi connectivity index (χ4v) is 5.10. The molecule has 0 bridgehead atoms. The first-order valence-electron chi connectivity index (χ1n) is 9.70. The Hall–Kier alpha value is -1.71. The molecule has 1 amide bonds. The number of halogens is 3. The van der Waals surface area contributed by atoms with Gasteiger partial charge < -0.3 is 5.32 Å². The van der Waals surface area contributed by atoms with Crippen LogP contribution in [0.1, 0.15) is 24.1 Å². The van der Waals surface area contributed by atoms with Crippen molar-refractivity contribution in [1.82, 2.24) is 9.62 Å². The van der Waals surface area contributed by atoms with Crippen molar-refractivity contribution in [2.24, 2.45) is 0 Å². The topological polar surface area (TPSA) is 66.5 Å². The summed E-state index contributed by atoms with van der Waals surface area (Å²) >= 11 is 12.7. The van der Waals surface area contributed by atoms with Crippen LogP contribution in [0, 0.1) is 0 Å². The van der Waals surface area contributed by atoms with E-state index < -0.39 is 15.9 Å². The lowest BCUT2D eigenvalue weighted by Gasteiger charge is -2.23. The third-order valence-electron chi connectivity index (χ3n) is 4.79. The Kier molecular flexibility index (Phi) is 8.52. The minimum absolute atomic E-state index is 0.0374. The number of hydrogen-bond acceptors (Lipinski definition) is 3. The smallest absolute Gasteiger partial charge is 0.243 e. The van der Waals surface area contributed by atoms with Gasteiger partial charge in [0.05, 0.1) is 17.5 Å². The number of sulfonamides is 1. The normalized spacial score (nSPS) is 12.5. The van der Waals surface area contributed by atoms with E-state index in [-0.39, 0.29) is 24.0 Å². The zero-order chi connectivity index (χ0) is 23.3. The van der Waals surface area contributed by atoms with Gasteiger partial charge in [-0.1, -0.05) is 67.7 Å². The van der Waals surface area contributed by atoms with E-state index in [1.165, 1.54) is 16.4 Å². The predicted molar refractivity (Wildman–Crippen MR) is 134 cm³/mol. The molecule has 0 spiro atoms. The maximum absolute atomic E-state index is 13.3. The van der Waals surface area contributed by atoms with E-state index in [0.29, 0.717) is 5.02 Å². The molecule has 0 saturated carbocycles. The Morgan fingerprint density at radius 1 is 0.938 bits per heavy atom. The van der Waals surface area contributed by atoms with Crippen molar-refractivity contribution >= 4 is 59.4 Å². The predicted octanol–water partition coefficient (Wildman–Crippen LogP) is 5.93. The molecule has 168 valence electrons. The molecular weight excluding hydrogens is 580 g/mol. The zero-order valence-electron chi connectivity index (χ0n) is 17.1. The van der Waals surface area contributed by atoms with E-state index in [0.717, 1.165) is 20.1 Å². The maximum atomic E-state index is 13.3. The lowest BCUT2D eigenvalue weighted by molar-refractivity contribution is -0.122. The van der Waals surface area contributed by atoms with Crippen LogP contribution in [-0.4, -0.2) is 25.2 Å². The van der Waals surface area contributed by atoms with Gasteiger partial charge in [0.1, 0.15) is 0 Å². The number of amides is 1. The van der Waals surface area contributed by atoms with Gasteiger partial charge in [-0.2, -0.15) is 4.31 Å². The van der Waals surface area contributed by atoms with Gasteiger partial charge in [0, 0.05) is 20.5 Å². The number of benzene rings is 3. The molecule has 32 heavy (non-hydrogen) atoms. The molecule has 0 aliphatic heterocycles. The average Bonchev–Trinajstić information content (AvgIpc) is 2.75. The zero-order valence-corrected chi connectivity index (χ0v) is 21.9. The molecule has 0 aromatic heterocycles. The molecule has 0 unspecified atom stereocenters. The summed E-state index contributed by atoms with van der Waals surface area (Å²) in [5.41, 5.74) is 1.64. The fourth-order valence-electron chi connectivity index (χ4n) is 3.06. The highest BCUT2D eigenvalue weighted by Gasteiger charge is 2.27. The Morgan fingerprint density at radius 3 is 2.03 bits per heavy atom. The quantitative estimate of drug-likeness (QED) is 0.349. The van der Waals surface area contributed by atoms with Crippen LogP contribution in [-0.2, 0) is 21.4 Å². The Bertz CT molecular complexity index is 1170. The molecular formula is C23H21Br2ClN2O3S. The summed E-state index contributed by atoms with van der Waals surface area (Å²) in [6.07, 6.45) is 0. The first kappa shape index (κ1) is 24.9. The number of rotatable bonds is 8. The number of nitrogens with zero attached hydrogens (tertiary/aromatic N) is 1. The molecule has 0 saturated heterocycles. The summed E-state index contributed by atoms with van der Waals surface area (Å²) in [6.45, 7) is 1.57. The van der Waals surface area contributed by atoms with E-state index in [2.05, 4.69) is 37.2 Å². The molecule has 1 atom stereocenters. The van der Waals surface area contributed by atoms with E-state index in [1.54, 1.807) is 36.4 Å². The summed E-state index contributed by atoms with van der Waals surface area (Å²) in [7, 11) is -3.91. The molecule has 3 aromatic rings. The average molecular weight is 601 g/mol. The maximum Gasteiger partial charge on any atom is 0.243 e. The van der Waals surface area contributed by atoms with Gasteiger partial charge in [-0.05, 0) is 66.6 Å². The van der Waals surface area contributed by atoms with Crippen LogP contribution < -0.4 is 5.32 Å². The lowest BCUT2D eigenvalue weighted by atomic mass is 10.1. The van der Waals surface area contributed by atoms with Crippen LogP contribution >= 0.6 is 43.5 Å². The van der Waals surface area contributed by atoms with Gasteiger partial charge in [0.2, 0.25) is 15.9 Å².